The van der Waals surface area contributed by atoms with Gasteiger partial charge in [0.25, 0.3) is 0 Å². The fourth-order valence-electron chi connectivity index (χ4n) is 8.59. The summed E-state index contributed by atoms with van der Waals surface area (Å²) in [7, 11) is 0. The minimum atomic E-state index is -2.56. The highest BCUT2D eigenvalue weighted by atomic mass is 16.3. The van der Waals surface area contributed by atoms with Crippen molar-refractivity contribution in [3.05, 3.63) is 192 Å². The minimum Gasteiger partial charge on any atom is -0.507 e. The van der Waals surface area contributed by atoms with E-state index < -0.39 is 18.6 Å². The average Bonchev–Trinajstić information content (AvgIpc) is 3.70. The summed E-state index contributed by atoms with van der Waals surface area (Å²) in [6.07, 6.45) is 1.83. The Labute approximate surface area is 373 Å². The zero-order valence-electron chi connectivity index (χ0n) is 41.0. The molecule has 9 rings (SSSR count). The number of benzene rings is 7. The molecular weight excluding hydrogens is 755 g/mol. The van der Waals surface area contributed by atoms with Crippen LogP contribution >= 0.6 is 0 Å². The van der Waals surface area contributed by atoms with Crippen LogP contribution in [0.15, 0.2) is 170 Å². The Morgan fingerprint density at radius 3 is 1.97 bits per heavy atom. The third kappa shape index (κ3) is 7.62. The molecule has 9 aromatic rings. The molecule has 0 aliphatic rings. The van der Waals surface area contributed by atoms with Gasteiger partial charge in [-0.2, -0.15) is 0 Å². The number of aromatic nitrogens is 3. The number of imidazole rings is 1. The van der Waals surface area contributed by atoms with Gasteiger partial charge in [0.2, 0.25) is 0 Å². The molecule has 0 fully saturated rings. The lowest BCUT2D eigenvalue weighted by Gasteiger charge is -2.21. The predicted octanol–water partition coefficient (Wildman–Crippen LogP) is 15.8. The first-order valence-corrected chi connectivity index (χ1v) is 21.2. The van der Waals surface area contributed by atoms with Crippen molar-refractivity contribution >= 4 is 11.0 Å². The minimum absolute atomic E-state index is 0.0122. The van der Waals surface area contributed by atoms with Crippen LogP contribution in [0.4, 0.5) is 0 Å². The molecule has 4 nitrogen and oxygen atoms in total. The fraction of sp³-hybridized carbons (Fsp3) is 0.172. The largest absolute Gasteiger partial charge is 0.507 e. The maximum Gasteiger partial charge on any atom is 0.149 e. The summed E-state index contributed by atoms with van der Waals surface area (Å²) in [6.45, 7) is 9.16. The third-order valence-corrected chi connectivity index (χ3v) is 11.8. The highest BCUT2D eigenvalue weighted by Gasteiger charge is 2.23. The van der Waals surface area contributed by atoms with Crippen molar-refractivity contribution in [3.8, 4) is 78.6 Å². The van der Waals surface area contributed by atoms with Gasteiger partial charge in [0.05, 0.1) is 28.0 Å². The molecule has 2 heterocycles. The second-order valence-corrected chi connectivity index (χ2v) is 16.8. The van der Waals surface area contributed by atoms with E-state index in [0.717, 1.165) is 72.5 Å². The van der Waals surface area contributed by atoms with Crippen LogP contribution in [0.3, 0.4) is 0 Å². The molecule has 0 amide bonds. The topological polar surface area (TPSA) is 50.9 Å². The highest BCUT2D eigenvalue weighted by Crippen LogP contribution is 2.42. The van der Waals surface area contributed by atoms with Crippen molar-refractivity contribution < 1.29 is 12.0 Å². The van der Waals surface area contributed by atoms with E-state index in [4.69, 9.17) is 16.8 Å². The van der Waals surface area contributed by atoms with E-state index in [0.29, 0.717) is 28.1 Å². The van der Waals surface area contributed by atoms with Gasteiger partial charge in [-0.25, -0.2) is 4.98 Å². The maximum atomic E-state index is 11.4. The number of aromatic hydroxyl groups is 1. The SMILES string of the molecule is [2H]C([2H])([2H])c1cc(-c2c(C(C)C)cccc2C([2H])(C)C)ccc1-n1c(-c2ccccc2O)nc2c(-c3cc(-c4ccccc4)cc(-c4cc(-c5ccc(C([2H])(C)C)cc5)ccn4)c3)cccc21. The fourth-order valence-corrected chi connectivity index (χ4v) is 8.59. The van der Waals surface area contributed by atoms with Crippen molar-refractivity contribution in [3.63, 3.8) is 0 Å². The quantitative estimate of drug-likeness (QED) is 0.150. The monoisotopic (exact) mass is 812 g/mol. The zero-order valence-corrected chi connectivity index (χ0v) is 36.0. The Balaban J connectivity index is 1.27. The Bertz CT molecular complexity index is 3280. The molecule has 0 bridgehead atoms. The van der Waals surface area contributed by atoms with Crippen LogP contribution in [0.1, 0.15) is 88.4 Å². The molecule has 0 saturated heterocycles. The molecule has 0 unspecified atom stereocenters. The highest BCUT2D eigenvalue weighted by molar-refractivity contribution is 5.98. The molecule has 4 heteroatoms. The lowest BCUT2D eigenvalue weighted by atomic mass is 9.84. The van der Waals surface area contributed by atoms with Gasteiger partial charge in [-0.3, -0.25) is 9.55 Å². The number of phenolic OH excluding ortho intramolecular Hbond substituents is 1. The second-order valence-electron chi connectivity index (χ2n) is 16.8. The third-order valence-electron chi connectivity index (χ3n) is 11.8. The van der Waals surface area contributed by atoms with Gasteiger partial charge in [0, 0.05) is 24.2 Å². The smallest absolute Gasteiger partial charge is 0.149 e. The van der Waals surface area contributed by atoms with Crippen LogP contribution in [0, 0.1) is 6.85 Å². The number of hydrogen-bond acceptors (Lipinski definition) is 3. The van der Waals surface area contributed by atoms with E-state index in [1.807, 2.05) is 123 Å². The molecule has 0 aliphatic heterocycles. The maximum absolute atomic E-state index is 11.4. The number of para-hydroxylation sites is 2. The number of phenols is 1. The molecule has 0 atom stereocenters. The van der Waals surface area contributed by atoms with E-state index in [-0.39, 0.29) is 17.2 Å². The Hall–Kier alpha value is -7.04. The summed E-state index contributed by atoms with van der Waals surface area (Å²) in [5, 5.41) is 11.4. The number of fused-ring (bicyclic) bond motifs is 1. The first-order valence-electron chi connectivity index (χ1n) is 23.7. The van der Waals surface area contributed by atoms with Gasteiger partial charge < -0.3 is 5.11 Å². The van der Waals surface area contributed by atoms with E-state index in [1.165, 1.54) is 0 Å². The predicted molar refractivity (Wildman–Crippen MR) is 260 cm³/mol. The Morgan fingerprint density at radius 2 is 1.23 bits per heavy atom. The summed E-state index contributed by atoms with van der Waals surface area (Å²) >= 11 is 0. The number of aryl methyl sites for hydroxylation is 1. The van der Waals surface area contributed by atoms with Crippen LogP contribution in [0.5, 0.6) is 5.75 Å². The van der Waals surface area contributed by atoms with Crippen molar-refractivity contribution in [2.75, 3.05) is 0 Å². The van der Waals surface area contributed by atoms with Crippen LogP contribution in [0.2, 0.25) is 0 Å². The van der Waals surface area contributed by atoms with Crippen molar-refractivity contribution in [1.29, 1.82) is 0 Å². The number of hydrogen-bond donors (Lipinski definition) is 1. The van der Waals surface area contributed by atoms with Crippen LogP contribution in [0.25, 0.3) is 83.9 Å². The van der Waals surface area contributed by atoms with Crippen LogP contribution in [-0.4, -0.2) is 19.6 Å². The first kappa shape index (κ1) is 34.6. The second kappa shape index (κ2) is 16.8. The van der Waals surface area contributed by atoms with Gasteiger partial charge in [-0.15, -0.1) is 0 Å². The molecule has 306 valence electrons. The number of nitrogens with zero attached hydrogens (tertiary/aromatic N) is 3. The van der Waals surface area contributed by atoms with E-state index >= 15 is 0 Å². The van der Waals surface area contributed by atoms with E-state index in [1.54, 1.807) is 24.3 Å². The molecular formula is C58H53N3O. The molecule has 1 N–H and O–H groups in total. The molecule has 0 spiro atoms. The molecule has 2 aromatic heterocycles. The first-order chi connectivity index (χ1) is 31.9. The molecule has 0 aliphatic carbocycles. The van der Waals surface area contributed by atoms with Gasteiger partial charge >= 0.3 is 0 Å². The zero-order chi connectivity index (χ0) is 47.4. The molecule has 0 saturated carbocycles. The average molecular weight is 813 g/mol. The van der Waals surface area contributed by atoms with E-state index in [9.17, 15) is 5.11 Å². The van der Waals surface area contributed by atoms with Crippen LogP contribution in [-0.2, 0) is 0 Å². The summed E-state index contributed by atoms with van der Waals surface area (Å²) in [6, 6.07) is 53.3. The van der Waals surface area contributed by atoms with Crippen molar-refractivity contribution in [2.24, 2.45) is 0 Å². The van der Waals surface area contributed by atoms with Gasteiger partial charge in [0.15, 0.2) is 0 Å². The summed E-state index contributed by atoms with van der Waals surface area (Å²) < 4.78 is 46.5. The lowest BCUT2D eigenvalue weighted by molar-refractivity contribution is 0.477. The van der Waals surface area contributed by atoms with Crippen LogP contribution < -0.4 is 0 Å². The van der Waals surface area contributed by atoms with Crippen molar-refractivity contribution in [1.82, 2.24) is 14.5 Å². The van der Waals surface area contributed by atoms with Crippen molar-refractivity contribution in [2.45, 2.75) is 66.1 Å². The Kier molecular flexibility index (Phi) is 9.38. The Morgan fingerprint density at radius 1 is 0.548 bits per heavy atom. The summed E-state index contributed by atoms with van der Waals surface area (Å²) in [5.74, 6) is -1.12. The number of pyridine rings is 1. The summed E-state index contributed by atoms with van der Waals surface area (Å²) in [4.78, 5) is 10.2. The molecule has 62 heavy (non-hydrogen) atoms. The molecule has 0 radical (unpaired) electrons. The standard InChI is InChI=1S/C58H53N3O/c1-36(2)40-23-25-42(26-24-40)43-29-30-59-52(35-43)47-33-45(41-15-9-8-10-16-41)32-46(34-47)50-20-14-21-54-57(50)60-58(51-17-11-12-22-55(51)62)61(54)53-28-27-44(31-39(53)7)56-48(37(3)4)18-13-19-49(56)38(5)6/h8-38,62H,1-7H3/i7D3,36D,37D. The van der Waals surface area contributed by atoms with Gasteiger partial charge in [-0.1, -0.05) is 145 Å². The van der Waals surface area contributed by atoms with Gasteiger partial charge in [-0.05, 0) is 146 Å². The molecule has 7 aromatic carbocycles. The summed E-state index contributed by atoms with van der Waals surface area (Å²) in [5.41, 5.74) is 14.1. The van der Waals surface area contributed by atoms with Gasteiger partial charge in [0.1, 0.15) is 11.6 Å². The normalized spacial score (nSPS) is 13.4. The lowest BCUT2D eigenvalue weighted by Crippen LogP contribution is -2.03. The van der Waals surface area contributed by atoms with E-state index in [2.05, 4.69) is 68.4 Å². The number of rotatable bonds is 10.